The van der Waals surface area contributed by atoms with Crippen molar-refractivity contribution in [2.45, 2.75) is 61.4 Å². The first-order valence-electron chi connectivity index (χ1n) is 10.3. The van der Waals surface area contributed by atoms with E-state index in [1.165, 1.54) is 18.4 Å². The van der Waals surface area contributed by atoms with Gasteiger partial charge in [-0.05, 0) is 44.7 Å². The van der Waals surface area contributed by atoms with Crippen LogP contribution in [-0.4, -0.2) is 35.0 Å². The lowest BCUT2D eigenvalue weighted by Crippen LogP contribution is -2.45. The number of nitrogens with one attached hydrogen (secondary N) is 1. The molecular weight excluding hydrogens is 368 g/mol. The molecule has 5 nitrogen and oxygen atoms in total. The van der Waals surface area contributed by atoms with Gasteiger partial charge in [0.2, 0.25) is 5.91 Å². The fourth-order valence-electron chi connectivity index (χ4n) is 4.10. The van der Waals surface area contributed by atoms with Gasteiger partial charge in [-0.15, -0.1) is 0 Å². The van der Waals surface area contributed by atoms with E-state index in [1.54, 1.807) is 24.2 Å². The van der Waals surface area contributed by atoms with Crippen molar-refractivity contribution in [2.75, 3.05) is 18.0 Å². The summed E-state index contributed by atoms with van der Waals surface area (Å²) < 4.78 is 0. The Labute approximate surface area is 171 Å². The molecule has 1 N–H and O–H groups in total. The number of amides is 1. The van der Waals surface area contributed by atoms with Gasteiger partial charge in [0.25, 0.3) is 0 Å². The van der Waals surface area contributed by atoms with E-state index in [0.717, 1.165) is 54.5 Å². The number of nitrogens with zero attached hydrogens (tertiary/aromatic N) is 3. The van der Waals surface area contributed by atoms with Gasteiger partial charge in [0.05, 0.1) is 5.92 Å². The summed E-state index contributed by atoms with van der Waals surface area (Å²) in [5.74, 6) is 1.15. The van der Waals surface area contributed by atoms with E-state index in [1.807, 2.05) is 0 Å². The number of hydrogen-bond acceptors (Lipinski definition) is 5. The summed E-state index contributed by atoms with van der Waals surface area (Å²) in [6, 6.07) is 8.84. The van der Waals surface area contributed by atoms with Crippen LogP contribution in [0.15, 0.2) is 46.6 Å². The smallest absolute Gasteiger partial charge is 0.225 e. The van der Waals surface area contributed by atoms with E-state index in [-0.39, 0.29) is 11.8 Å². The fourth-order valence-corrected chi connectivity index (χ4v) is 4.98. The van der Waals surface area contributed by atoms with E-state index in [9.17, 15) is 4.79 Å². The number of aryl methyl sites for hydroxylation is 1. The summed E-state index contributed by atoms with van der Waals surface area (Å²) in [5, 5.41) is 4.18. The summed E-state index contributed by atoms with van der Waals surface area (Å²) in [6.45, 7) is 3.73. The van der Waals surface area contributed by atoms with Crippen molar-refractivity contribution < 1.29 is 4.79 Å². The zero-order valence-electron chi connectivity index (χ0n) is 16.4. The van der Waals surface area contributed by atoms with Crippen LogP contribution in [0.1, 0.15) is 44.1 Å². The highest BCUT2D eigenvalue weighted by Gasteiger charge is 2.29. The van der Waals surface area contributed by atoms with Gasteiger partial charge >= 0.3 is 0 Å². The molecule has 148 valence electrons. The molecule has 1 saturated carbocycles. The van der Waals surface area contributed by atoms with Crippen LogP contribution in [0.25, 0.3) is 0 Å². The Morgan fingerprint density at radius 2 is 1.82 bits per heavy atom. The van der Waals surface area contributed by atoms with Gasteiger partial charge in [0.15, 0.2) is 5.82 Å². The van der Waals surface area contributed by atoms with Crippen LogP contribution < -0.4 is 10.2 Å². The minimum atomic E-state index is 0.0357. The first-order chi connectivity index (χ1) is 13.7. The molecule has 1 saturated heterocycles. The number of benzene rings is 1. The highest BCUT2D eigenvalue weighted by Crippen LogP contribution is 2.34. The standard InChI is InChI=1S/C22H28N4OS/c1-16-8-10-19(11-9-16)28-22-20(23-12-13-24-22)26-14-4-5-17(15-26)21(27)25-18-6-2-3-7-18/h8-13,17-18H,2-7,14-15H2,1H3,(H,25,27)/t17-/m1/s1. The van der Waals surface area contributed by atoms with Crippen molar-refractivity contribution in [1.29, 1.82) is 0 Å². The van der Waals surface area contributed by atoms with Gasteiger partial charge < -0.3 is 10.2 Å². The normalized spacial score (nSPS) is 20.3. The van der Waals surface area contributed by atoms with Gasteiger partial charge in [-0.2, -0.15) is 0 Å². The van der Waals surface area contributed by atoms with Crippen molar-refractivity contribution in [2.24, 2.45) is 5.92 Å². The fraction of sp³-hybridized carbons (Fsp3) is 0.500. The maximum atomic E-state index is 12.8. The summed E-state index contributed by atoms with van der Waals surface area (Å²) in [7, 11) is 0. The van der Waals surface area contributed by atoms with Gasteiger partial charge in [-0.1, -0.05) is 42.3 Å². The molecule has 28 heavy (non-hydrogen) atoms. The predicted molar refractivity (Wildman–Crippen MR) is 113 cm³/mol. The molecule has 1 aromatic carbocycles. The van der Waals surface area contributed by atoms with Crippen molar-refractivity contribution in [3.8, 4) is 0 Å². The second kappa shape index (κ2) is 8.95. The molecule has 2 heterocycles. The molecular formula is C22H28N4OS. The first-order valence-corrected chi connectivity index (χ1v) is 11.1. The molecule has 0 bridgehead atoms. The Hall–Kier alpha value is -2.08. The van der Waals surface area contributed by atoms with E-state index < -0.39 is 0 Å². The highest BCUT2D eigenvalue weighted by atomic mass is 32.2. The molecule has 1 aliphatic heterocycles. The Morgan fingerprint density at radius 1 is 1.07 bits per heavy atom. The second-order valence-corrected chi connectivity index (χ2v) is 8.94. The Kier molecular flexibility index (Phi) is 6.15. The molecule has 4 rings (SSSR count). The Balaban J connectivity index is 1.45. The van der Waals surface area contributed by atoms with Crippen LogP contribution >= 0.6 is 11.8 Å². The van der Waals surface area contributed by atoms with Crippen molar-refractivity contribution >= 4 is 23.5 Å². The lowest BCUT2D eigenvalue weighted by Gasteiger charge is -2.34. The SMILES string of the molecule is Cc1ccc(Sc2nccnc2N2CCC[C@@H](C(=O)NC3CCCC3)C2)cc1. The molecule has 1 aromatic heterocycles. The van der Waals surface area contributed by atoms with E-state index >= 15 is 0 Å². The summed E-state index contributed by atoms with van der Waals surface area (Å²) in [6.07, 6.45) is 10.2. The Morgan fingerprint density at radius 3 is 2.61 bits per heavy atom. The van der Waals surface area contributed by atoms with Gasteiger partial charge in [0.1, 0.15) is 5.03 Å². The molecule has 2 fully saturated rings. The van der Waals surface area contributed by atoms with E-state index in [2.05, 4.69) is 51.4 Å². The molecule has 1 amide bonds. The lowest BCUT2D eigenvalue weighted by molar-refractivity contribution is -0.125. The van der Waals surface area contributed by atoms with Crippen LogP contribution in [0.2, 0.25) is 0 Å². The highest BCUT2D eigenvalue weighted by molar-refractivity contribution is 7.99. The minimum absolute atomic E-state index is 0.0357. The third-order valence-corrected chi connectivity index (χ3v) is 6.66. The van der Waals surface area contributed by atoms with Crippen LogP contribution in [0, 0.1) is 12.8 Å². The van der Waals surface area contributed by atoms with Crippen molar-refractivity contribution in [3.63, 3.8) is 0 Å². The van der Waals surface area contributed by atoms with Crippen LogP contribution in [-0.2, 0) is 4.79 Å². The second-order valence-electron chi connectivity index (χ2n) is 7.88. The van der Waals surface area contributed by atoms with Gasteiger partial charge in [-0.3, -0.25) is 4.79 Å². The molecule has 1 atom stereocenters. The maximum absolute atomic E-state index is 12.8. The third kappa shape index (κ3) is 4.66. The molecule has 6 heteroatoms. The number of carbonyl (C=O) groups excluding carboxylic acids is 1. The number of hydrogen-bond donors (Lipinski definition) is 1. The average Bonchev–Trinajstić information content (AvgIpc) is 3.23. The van der Waals surface area contributed by atoms with Crippen LogP contribution in [0.5, 0.6) is 0 Å². The zero-order valence-corrected chi connectivity index (χ0v) is 17.3. The third-order valence-electron chi connectivity index (χ3n) is 5.68. The summed E-state index contributed by atoms with van der Waals surface area (Å²) in [5.41, 5.74) is 1.25. The number of piperidine rings is 1. The van der Waals surface area contributed by atoms with Gasteiger partial charge in [0, 0.05) is 36.4 Å². The first kappa shape index (κ1) is 19.2. The number of aromatic nitrogens is 2. The summed E-state index contributed by atoms with van der Waals surface area (Å²) in [4.78, 5) is 25.4. The molecule has 2 aromatic rings. The maximum Gasteiger partial charge on any atom is 0.225 e. The molecule has 1 aliphatic carbocycles. The van der Waals surface area contributed by atoms with Crippen molar-refractivity contribution in [1.82, 2.24) is 15.3 Å². The topological polar surface area (TPSA) is 58.1 Å². The number of rotatable bonds is 5. The monoisotopic (exact) mass is 396 g/mol. The lowest BCUT2D eigenvalue weighted by atomic mass is 9.96. The largest absolute Gasteiger partial charge is 0.354 e. The molecule has 0 unspecified atom stereocenters. The quantitative estimate of drug-likeness (QED) is 0.820. The van der Waals surface area contributed by atoms with Crippen molar-refractivity contribution in [3.05, 3.63) is 42.2 Å². The predicted octanol–water partition coefficient (Wildman–Crippen LogP) is 4.21. The van der Waals surface area contributed by atoms with Gasteiger partial charge in [-0.25, -0.2) is 9.97 Å². The van der Waals surface area contributed by atoms with Crippen LogP contribution in [0.4, 0.5) is 5.82 Å². The molecule has 0 spiro atoms. The van der Waals surface area contributed by atoms with E-state index in [4.69, 9.17) is 0 Å². The molecule has 0 radical (unpaired) electrons. The number of carbonyl (C=O) groups is 1. The minimum Gasteiger partial charge on any atom is -0.354 e. The zero-order chi connectivity index (χ0) is 19.3. The van der Waals surface area contributed by atoms with E-state index in [0.29, 0.717) is 6.04 Å². The number of anilines is 1. The van der Waals surface area contributed by atoms with Crippen LogP contribution in [0.3, 0.4) is 0 Å². The molecule has 2 aliphatic rings. The summed E-state index contributed by atoms with van der Waals surface area (Å²) >= 11 is 1.64. The Bertz CT molecular complexity index is 804. The average molecular weight is 397 g/mol.